The van der Waals surface area contributed by atoms with Gasteiger partial charge in [-0.25, -0.2) is 4.98 Å². The standard InChI is InChI=1S/C15H18F3N3/c1-2-9-19-12(7-8-15(16,17)18)14-10-20-11-5-3-4-6-13(11)21-14/h3-6,10,12,19H,2,7-9H2,1H3. The molecular weight excluding hydrogens is 279 g/mol. The summed E-state index contributed by atoms with van der Waals surface area (Å²) in [6.07, 6.45) is -2.61. The summed E-state index contributed by atoms with van der Waals surface area (Å²) in [7, 11) is 0. The third-order valence-corrected chi connectivity index (χ3v) is 3.18. The van der Waals surface area contributed by atoms with E-state index in [1.807, 2.05) is 31.2 Å². The van der Waals surface area contributed by atoms with Gasteiger partial charge in [-0.2, -0.15) is 13.2 Å². The number of nitrogens with zero attached hydrogens (tertiary/aromatic N) is 2. The monoisotopic (exact) mass is 297 g/mol. The quantitative estimate of drug-likeness (QED) is 0.875. The molecule has 1 aromatic heterocycles. The van der Waals surface area contributed by atoms with Crippen molar-refractivity contribution in [2.24, 2.45) is 0 Å². The number of para-hydroxylation sites is 2. The SMILES string of the molecule is CCCNC(CCC(F)(F)F)c1cnc2ccccc2n1. The van der Waals surface area contributed by atoms with Gasteiger partial charge in [-0.1, -0.05) is 19.1 Å². The molecule has 0 spiro atoms. The Balaban J connectivity index is 2.20. The molecule has 1 heterocycles. The van der Waals surface area contributed by atoms with Gasteiger partial charge in [-0.05, 0) is 31.5 Å². The van der Waals surface area contributed by atoms with Gasteiger partial charge in [0.15, 0.2) is 0 Å². The highest BCUT2D eigenvalue weighted by Gasteiger charge is 2.29. The van der Waals surface area contributed by atoms with E-state index in [9.17, 15) is 13.2 Å². The van der Waals surface area contributed by atoms with Crippen molar-refractivity contribution in [2.45, 2.75) is 38.4 Å². The van der Waals surface area contributed by atoms with Gasteiger partial charge in [-0.3, -0.25) is 4.98 Å². The summed E-state index contributed by atoms with van der Waals surface area (Å²) in [6, 6.07) is 6.91. The lowest BCUT2D eigenvalue weighted by atomic mass is 10.1. The lowest BCUT2D eigenvalue weighted by Gasteiger charge is -2.19. The maximum Gasteiger partial charge on any atom is 0.389 e. The summed E-state index contributed by atoms with van der Waals surface area (Å²) in [4.78, 5) is 8.71. The van der Waals surface area contributed by atoms with Gasteiger partial charge >= 0.3 is 6.18 Å². The Morgan fingerprint density at radius 2 is 1.90 bits per heavy atom. The number of alkyl halides is 3. The Hall–Kier alpha value is -1.69. The fourth-order valence-electron chi connectivity index (χ4n) is 2.12. The Morgan fingerprint density at radius 1 is 1.19 bits per heavy atom. The molecule has 0 aliphatic heterocycles. The third kappa shape index (κ3) is 4.67. The fourth-order valence-corrected chi connectivity index (χ4v) is 2.12. The van der Waals surface area contributed by atoms with Crippen LogP contribution in [0.15, 0.2) is 30.5 Å². The third-order valence-electron chi connectivity index (χ3n) is 3.18. The molecule has 0 radical (unpaired) electrons. The summed E-state index contributed by atoms with van der Waals surface area (Å²) in [5.41, 5.74) is 2.00. The average molecular weight is 297 g/mol. The molecule has 1 N–H and O–H groups in total. The molecule has 0 aliphatic carbocycles. The van der Waals surface area contributed by atoms with E-state index in [0.717, 1.165) is 11.9 Å². The summed E-state index contributed by atoms with van der Waals surface area (Å²) in [6.45, 7) is 2.62. The lowest BCUT2D eigenvalue weighted by molar-refractivity contribution is -0.136. The van der Waals surface area contributed by atoms with Gasteiger partial charge < -0.3 is 5.32 Å². The van der Waals surface area contributed by atoms with Gasteiger partial charge in [0.2, 0.25) is 0 Å². The van der Waals surface area contributed by atoms with Crippen LogP contribution < -0.4 is 5.32 Å². The van der Waals surface area contributed by atoms with E-state index >= 15 is 0 Å². The van der Waals surface area contributed by atoms with Gasteiger partial charge in [0.05, 0.1) is 29.0 Å². The Labute approximate surface area is 121 Å². The van der Waals surface area contributed by atoms with Crippen molar-refractivity contribution in [3.05, 3.63) is 36.2 Å². The largest absolute Gasteiger partial charge is 0.389 e. The first-order valence-corrected chi connectivity index (χ1v) is 7.01. The van der Waals surface area contributed by atoms with E-state index in [1.165, 1.54) is 0 Å². The zero-order valence-electron chi connectivity index (χ0n) is 11.8. The smallest absolute Gasteiger partial charge is 0.309 e. The van der Waals surface area contributed by atoms with E-state index in [-0.39, 0.29) is 6.42 Å². The van der Waals surface area contributed by atoms with Gasteiger partial charge in [0.25, 0.3) is 0 Å². The summed E-state index contributed by atoms with van der Waals surface area (Å²) >= 11 is 0. The molecule has 6 heteroatoms. The highest BCUT2D eigenvalue weighted by molar-refractivity contribution is 5.73. The highest BCUT2D eigenvalue weighted by atomic mass is 19.4. The second-order valence-electron chi connectivity index (χ2n) is 4.94. The van der Waals surface area contributed by atoms with Crippen molar-refractivity contribution in [3.8, 4) is 0 Å². The molecule has 0 aliphatic rings. The van der Waals surface area contributed by atoms with Crippen LogP contribution in [0.25, 0.3) is 11.0 Å². The van der Waals surface area contributed by atoms with Crippen LogP contribution >= 0.6 is 0 Å². The number of fused-ring (bicyclic) bond motifs is 1. The topological polar surface area (TPSA) is 37.8 Å². The van der Waals surface area contributed by atoms with Crippen LogP contribution in [0.5, 0.6) is 0 Å². The first-order chi connectivity index (χ1) is 9.99. The molecule has 2 rings (SSSR count). The minimum absolute atomic E-state index is 0.0312. The molecule has 2 aromatic rings. The number of nitrogens with one attached hydrogen (secondary N) is 1. The van der Waals surface area contributed by atoms with Crippen LogP contribution in [0, 0.1) is 0 Å². The summed E-state index contributed by atoms with van der Waals surface area (Å²) in [5.74, 6) is 0. The normalized spacial score (nSPS) is 13.5. The minimum Gasteiger partial charge on any atom is -0.309 e. The Bertz CT molecular complexity index is 584. The van der Waals surface area contributed by atoms with Crippen LogP contribution in [-0.4, -0.2) is 22.7 Å². The predicted octanol–water partition coefficient (Wildman–Crippen LogP) is 4.01. The van der Waals surface area contributed by atoms with E-state index in [4.69, 9.17) is 0 Å². The van der Waals surface area contributed by atoms with E-state index < -0.39 is 18.6 Å². The van der Waals surface area contributed by atoms with Gasteiger partial charge in [-0.15, -0.1) is 0 Å². The highest BCUT2D eigenvalue weighted by Crippen LogP contribution is 2.27. The molecule has 21 heavy (non-hydrogen) atoms. The molecule has 0 bridgehead atoms. The van der Waals surface area contributed by atoms with Crippen molar-refractivity contribution in [1.29, 1.82) is 0 Å². The predicted molar refractivity (Wildman–Crippen MR) is 75.9 cm³/mol. The molecule has 0 saturated heterocycles. The Morgan fingerprint density at radius 3 is 2.57 bits per heavy atom. The first kappa shape index (κ1) is 15.7. The fraction of sp³-hybridized carbons (Fsp3) is 0.467. The summed E-state index contributed by atoms with van der Waals surface area (Å²) in [5, 5.41) is 3.12. The average Bonchev–Trinajstić information content (AvgIpc) is 2.46. The van der Waals surface area contributed by atoms with Crippen LogP contribution in [0.3, 0.4) is 0 Å². The number of aromatic nitrogens is 2. The number of hydrogen-bond acceptors (Lipinski definition) is 3. The maximum atomic E-state index is 12.4. The van der Waals surface area contributed by atoms with Crippen LogP contribution in [-0.2, 0) is 0 Å². The van der Waals surface area contributed by atoms with E-state index in [0.29, 0.717) is 17.8 Å². The maximum absolute atomic E-state index is 12.4. The van der Waals surface area contributed by atoms with Crippen LogP contribution in [0.2, 0.25) is 0 Å². The number of benzene rings is 1. The van der Waals surface area contributed by atoms with Gasteiger partial charge in [0, 0.05) is 6.42 Å². The number of hydrogen-bond donors (Lipinski definition) is 1. The molecule has 0 amide bonds. The van der Waals surface area contributed by atoms with Crippen LogP contribution in [0.1, 0.15) is 37.9 Å². The molecule has 0 saturated carbocycles. The zero-order valence-corrected chi connectivity index (χ0v) is 11.8. The van der Waals surface area contributed by atoms with Crippen molar-refractivity contribution in [2.75, 3.05) is 6.54 Å². The molecule has 1 aromatic carbocycles. The van der Waals surface area contributed by atoms with E-state index in [1.54, 1.807) is 6.20 Å². The number of rotatable bonds is 6. The lowest BCUT2D eigenvalue weighted by Crippen LogP contribution is -2.25. The second kappa shape index (κ2) is 6.85. The van der Waals surface area contributed by atoms with Crippen molar-refractivity contribution >= 4 is 11.0 Å². The zero-order chi connectivity index (χ0) is 15.3. The molecule has 3 nitrogen and oxygen atoms in total. The van der Waals surface area contributed by atoms with Crippen molar-refractivity contribution in [3.63, 3.8) is 0 Å². The van der Waals surface area contributed by atoms with E-state index in [2.05, 4.69) is 15.3 Å². The Kier molecular flexibility index (Phi) is 5.12. The molecule has 0 fully saturated rings. The minimum atomic E-state index is -4.16. The number of halogens is 3. The molecular formula is C15H18F3N3. The van der Waals surface area contributed by atoms with Crippen LogP contribution in [0.4, 0.5) is 13.2 Å². The molecule has 1 unspecified atom stereocenters. The molecule has 114 valence electrons. The van der Waals surface area contributed by atoms with Gasteiger partial charge in [0.1, 0.15) is 0 Å². The van der Waals surface area contributed by atoms with Crippen molar-refractivity contribution in [1.82, 2.24) is 15.3 Å². The second-order valence-corrected chi connectivity index (χ2v) is 4.94. The molecule has 1 atom stereocenters. The first-order valence-electron chi connectivity index (χ1n) is 7.01. The summed E-state index contributed by atoms with van der Waals surface area (Å²) < 4.78 is 37.3. The van der Waals surface area contributed by atoms with Crippen molar-refractivity contribution < 1.29 is 13.2 Å².